The molecule has 3 rings (SSSR count). The predicted octanol–water partition coefficient (Wildman–Crippen LogP) is 2.14. The summed E-state index contributed by atoms with van der Waals surface area (Å²) >= 11 is 1.44. The SMILES string of the molecule is NNC(=O)N1N=CSC1C(C1=CC=CCC1)C1=COC=CO1. The molecule has 2 amide bonds. The summed E-state index contributed by atoms with van der Waals surface area (Å²) in [6, 6.07) is -0.462. The lowest BCUT2D eigenvalue weighted by Gasteiger charge is -2.32. The zero-order valence-electron chi connectivity index (χ0n) is 11.7. The molecule has 7 nitrogen and oxygen atoms in total. The highest BCUT2D eigenvalue weighted by molar-refractivity contribution is 8.12. The van der Waals surface area contributed by atoms with Crippen LogP contribution in [0.2, 0.25) is 0 Å². The number of carbonyl (C=O) groups is 1. The third-order valence-corrected chi connectivity index (χ3v) is 4.47. The quantitative estimate of drug-likeness (QED) is 0.472. The number of nitrogens with zero attached hydrogens (tertiary/aromatic N) is 2. The van der Waals surface area contributed by atoms with E-state index in [1.165, 1.54) is 29.3 Å². The van der Waals surface area contributed by atoms with Crippen molar-refractivity contribution in [2.24, 2.45) is 16.9 Å². The van der Waals surface area contributed by atoms with Crippen molar-refractivity contribution in [3.05, 3.63) is 48.3 Å². The van der Waals surface area contributed by atoms with Crippen LogP contribution in [0, 0.1) is 5.92 Å². The van der Waals surface area contributed by atoms with Gasteiger partial charge >= 0.3 is 6.03 Å². The van der Waals surface area contributed by atoms with E-state index in [1.807, 2.05) is 12.2 Å². The van der Waals surface area contributed by atoms with Gasteiger partial charge in [0.2, 0.25) is 0 Å². The predicted molar refractivity (Wildman–Crippen MR) is 83.8 cm³/mol. The maximum absolute atomic E-state index is 11.9. The van der Waals surface area contributed by atoms with Crippen LogP contribution in [-0.4, -0.2) is 22.0 Å². The van der Waals surface area contributed by atoms with Gasteiger partial charge in [-0.15, -0.1) is 0 Å². The van der Waals surface area contributed by atoms with Gasteiger partial charge in [0.1, 0.15) is 29.9 Å². The van der Waals surface area contributed by atoms with Gasteiger partial charge in [-0.25, -0.2) is 10.6 Å². The second-order valence-corrected chi connectivity index (χ2v) is 5.74. The summed E-state index contributed by atoms with van der Waals surface area (Å²) in [5.74, 6) is 5.71. The van der Waals surface area contributed by atoms with Crippen LogP contribution in [0.4, 0.5) is 4.79 Å². The lowest BCUT2D eigenvalue weighted by Crippen LogP contribution is -2.46. The third-order valence-electron chi connectivity index (χ3n) is 3.50. The van der Waals surface area contributed by atoms with Crippen molar-refractivity contribution in [2.75, 3.05) is 0 Å². The average molecular weight is 320 g/mol. The highest BCUT2D eigenvalue weighted by Crippen LogP contribution is 2.40. The van der Waals surface area contributed by atoms with E-state index in [0.717, 1.165) is 18.4 Å². The second kappa shape index (κ2) is 6.71. The highest BCUT2D eigenvalue weighted by Gasteiger charge is 2.39. The highest BCUT2D eigenvalue weighted by atomic mass is 32.2. The summed E-state index contributed by atoms with van der Waals surface area (Å²) in [5.41, 5.74) is 4.91. The molecule has 2 unspecified atom stereocenters. The zero-order chi connectivity index (χ0) is 15.4. The van der Waals surface area contributed by atoms with Crippen molar-refractivity contribution in [3.63, 3.8) is 0 Å². The Morgan fingerprint density at radius 3 is 3.14 bits per heavy atom. The van der Waals surface area contributed by atoms with E-state index in [0.29, 0.717) is 5.76 Å². The Hall–Kier alpha value is -2.19. The molecule has 0 saturated carbocycles. The maximum atomic E-state index is 11.9. The molecule has 0 bridgehead atoms. The van der Waals surface area contributed by atoms with Crippen LogP contribution in [0.15, 0.2) is 53.4 Å². The van der Waals surface area contributed by atoms with Crippen molar-refractivity contribution in [1.29, 1.82) is 0 Å². The van der Waals surface area contributed by atoms with E-state index in [4.69, 9.17) is 15.3 Å². The molecule has 0 fully saturated rings. The van der Waals surface area contributed by atoms with E-state index >= 15 is 0 Å². The number of hydrazone groups is 1. The number of carbonyl (C=O) groups excluding carboxylic acids is 1. The summed E-state index contributed by atoms with van der Waals surface area (Å²) in [5, 5.41) is 5.15. The molecule has 3 aliphatic rings. The van der Waals surface area contributed by atoms with E-state index in [2.05, 4.69) is 16.6 Å². The summed E-state index contributed by atoms with van der Waals surface area (Å²) in [7, 11) is 0. The summed E-state index contributed by atoms with van der Waals surface area (Å²) in [4.78, 5) is 11.9. The second-order valence-electron chi connectivity index (χ2n) is 4.77. The minimum atomic E-state index is -0.462. The molecule has 0 saturated heterocycles. The maximum Gasteiger partial charge on any atom is 0.353 e. The van der Waals surface area contributed by atoms with E-state index in [9.17, 15) is 4.79 Å². The molecule has 2 heterocycles. The molecule has 3 N–H and O–H groups in total. The first-order valence-electron chi connectivity index (χ1n) is 6.82. The van der Waals surface area contributed by atoms with Crippen LogP contribution < -0.4 is 11.3 Å². The molecular weight excluding hydrogens is 304 g/mol. The van der Waals surface area contributed by atoms with Crippen LogP contribution in [0.3, 0.4) is 0 Å². The number of hydrogen-bond donors (Lipinski definition) is 2. The average Bonchev–Trinajstić information content (AvgIpc) is 3.06. The van der Waals surface area contributed by atoms with Gasteiger partial charge in [-0.1, -0.05) is 35.6 Å². The van der Waals surface area contributed by atoms with E-state index in [-0.39, 0.29) is 11.3 Å². The van der Waals surface area contributed by atoms with Crippen LogP contribution >= 0.6 is 11.8 Å². The molecule has 22 heavy (non-hydrogen) atoms. The number of nitrogens with one attached hydrogen (secondary N) is 1. The number of allylic oxidation sites excluding steroid dienone is 3. The Labute approximate surface area is 132 Å². The number of hydrazine groups is 1. The van der Waals surface area contributed by atoms with Crippen molar-refractivity contribution in [2.45, 2.75) is 18.2 Å². The molecule has 0 aromatic heterocycles. The first-order valence-corrected chi connectivity index (χ1v) is 7.76. The van der Waals surface area contributed by atoms with E-state index < -0.39 is 6.03 Å². The van der Waals surface area contributed by atoms with Crippen molar-refractivity contribution >= 4 is 23.3 Å². The fourth-order valence-corrected chi connectivity index (χ4v) is 3.54. The molecule has 0 radical (unpaired) electrons. The number of hydrogen-bond acceptors (Lipinski definition) is 6. The molecule has 8 heteroatoms. The van der Waals surface area contributed by atoms with Crippen LogP contribution in [0.5, 0.6) is 0 Å². The fourth-order valence-electron chi connectivity index (χ4n) is 2.52. The molecule has 0 aromatic rings. The van der Waals surface area contributed by atoms with Gasteiger partial charge in [-0.3, -0.25) is 5.43 Å². The Morgan fingerprint density at radius 2 is 2.45 bits per heavy atom. The van der Waals surface area contributed by atoms with Gasteiger partial charge < -0.3 is 9.47 Å². The minimum Gasteiger partial charge on any atom is -0.466 e. The molecule has 0 spiro atoms. The number of ether oxygens (including phenoxy) is 2. The van der Waals surface area contributed by atoms with Crippen molar-refractivity contribution in [3.8, 4) is 0 Å². The topological polar surface area (TPSA) is 89.2 Å². The van der Waals surface area contributed by atoms with E-state index in [1.54, 1.807) is 11.8 Å². The lowest BCUT2D eigenvalue weighted by atomic mass is 9.90. The standard InChI is InChI=1S/C14H16N4O3S/c15-17-14(19)18-13(22-9-16-18)12(10-4-2-1-3-5-10)11-8-20-6-7-21-11/h1-2,4,6-9,12-13H,3,5,15H2,(H,17,19). The van der Waals surface area contributed by atoms with Crippen LogP contribution in [-0.2, 0) is 9.47 Å². The normalized spacial score (nSPS) is 24.2. The Morgan fingerprint density at radius 1 is 1.55 bits per heavy atom. The lowest BCUT2D eigenvalue weighted by molar-refractivity contribution is 0.171. The molecule has 116 valence electrons. The number of amides is 2. The molecule has 2 aliphatic heterocycles. The zero-order valence-corrected chi connectivity index (χ0v) is 12.5. The Kier molecular flexibility index (Phi) is 4.50. The van der Waals surface area contributed by atoms with Gasteiger partial charge in [0.15, 0.2) is 0 Å². The first-order chi connectivity index (χ1) is 10.8. The van der Waals surface area contributed by atoms with Crippen molar-refractivity contribution in [1.82, 2.24) is 10.4 Å². The summed E-state index contributed by atoms with van der Waals surface area (Å²) in [6.45, 7) is 0. The number of rotatable bonds is 3. The van der Waals surface area contributed by atoms with Gasteiger partial charge in [0.05, 0.1) is 11.5 Å². The van der Waals surface area contributed by atoms with Gasteiger partial charge in [0, 0.05) is 0 Å². The van der Waals surface area contributed by atoms with Gasteiger partial charge in [-0.2, -0.15) is 10.1 Å². The fraction of sp³-hybridized carbons (Fsp3) is 0.286. The Bertz CT molecular complexity index is 597. The third kappa shape index (κ3) is 2.88. The smallest absolute Gasteiger partial charge is 0.353 e. The summed E-state index contributed by atoms with van der Waals surface area (Å²) < 4.78 is 10.8. The number of thioether (sulfide) groups is 1. The monoisotopic (exact) mass is 320 g/mol. The number of urea groups is 1. The minimum absolute atomic E-state index is 0.167. The summed E-state index contributed by atoms with van der Waals surface area (Å²) in [6.07, 6.45) is 12.5. The molecule has 2 atom stereocenters. The van der Waals surface area contributed by atoms with Gasteiger partial charge in [-0.05, 0) is 12.8 Å². The molecule has 1 aliphatic carbocycles. The first kappa shape index (κ1) is 14.7. The van der Waals surface area contributed by atoms with Crippen molar-refractivity contribution < 1.29 is 14.3 Å². The Balaban J connectivity index is 1.91. The molecule has 0 aromatic carbocycles. The van der Waals surface area contributed by atoms with Crippen LogP contribution in [0.25, 0.3) is 0 Å². The van der Waals surface area contributed by atoms with Crippen LogP contribution in [0.1, 0.15) is 12.8 Å². The largest absolute Gasteiger partial charge is 0.466 e. The number of nitrogens with two attached hydrogens (primary N) is 1. The van der Waals surface area contributed by atoms with Gasteiger partial charge in [0.25, 0.3) is 0 Å². The molecular formula is C14H16N4O3S.